The summed E-state index contributed by atoms with van der Waals surface area (Å²) in [5.74, 6) is 0. The van der Waals surface area contributed by atoms with E-state index in [1.807, 2.05) is 30.3 Å². The highest BCUT2D eigenvalue weighted by Crippen LogP contribution is 2.16. The van der Waals surface area contributed by atoms with E-state index in [1.165, 1.54) is 0 Å². The van der Waals surface area contributed by atoms with Crippen LogP contribution < -0.4 is 0 Å². The topological polar surface area (TPSA) is 41.8 Å². The van der Waals surface area contributed by atoms with Crippen LogP contribution in [0, 0.1) is 0 Å². The number of rotatable bonds is 1. The normalized spacial score (nSPS) is 26.8. The van der Waals surface area contributed by atoms with E-state index in [0.717, 1.165) is 5.56 Å². The van der Waals surface area contributed by atoms with Crippen molar-refractivity contribution in [3.05, 3.63) is 35.9 Å². The van der Waals surface area contributed by atoms with Crippen molar-refractivity contribution in [1.29, 1.82) is 0 Å². The van der Waals surface area contributed by atoms with Crippen molar-refractivity contribution in [3.8, 4) is 0 Å². The first-order valence-corrected chi connectivity index (χ1v) is 4.26. The number of aliphatic hydroxyl groups excluding tert-OH is 1. The summed E-state index contributed by atoms with van der Waals surface area (Å²) < 4.78 is 0. The SMILES string of the molecule is C[C@@H]1ON=C(c2ccccc2)[C@H]1O. The first kappa shape index (κ1) is 8.26. The van der Waals surface area contributed by atoms with Crippen LogP contribution in [0.2, 0.25) is 0 Å². The highest BCUT2D eigenvalue weighted by Gasteiger charge is 2.29. The Morgan fingerprint density at radius 3 is 2.54 bits per heavy atom. The van der Waals surface area contributed by atoms with Gasteiger partial charge in [0.1, 0.15) is 11.8 Å². The molecule has 68 valence electrons. The zero-order valence-corrected chi connectivity index (χ0v) is 7.34. The Kier molecular flexibility index (Phi) is 2.02. The van der Waals surface area contributed by atoms with E-state index in [4.69, 9.17) is 4.84 Å². The molecule has 1 aliphatic heterocycles. The minimum absolute atomic E-state index is 0.241. The molecule has 3 heteroatoms. The van der Waals surface area contributed by atoms with Crippen molar-refractivity contribution in [2.75, 3.05) is 0 Å². The largest absolute Gasteiger partial charge is 0.389 e. The maximum atomic E-state index is 9.66. The number of aliphatic hydroxyl groups is 1. The van der Waals surface area contributed by atoms with Gasteiger partial charge in [0.2, 0.25) is 0 Å². The van der Waals surface area contributed by atoms with Gasteiger partial charge in [0, 0.05) is 5.56 Å². The molecule has 1 heterocycles. The lowest BCUT2D eigenvalue weighted by atomic mass is 10.0. The van der Waals surface area contributed by atoms with Crippen LogP contribution >= 0.6 is 0 Å². The third kappa shape index (κ3) is 1.42. The van der Waals surface area contributed by atoms with Crippen LogP contribution in [0.5, 0.6) is 0 Å². The standard InChI is InChI=1S/C10H11NO2/c1-7-10(12)9(11-13-7)8-5-3-2-4-6-8/h2-7,10,12H,1H3/t7-,10-/m0/s1. The highest BCUT2D eigenvalue weighted by molar-refractivity contribution is 6.04. The molecule has 0 fully saturated rings. The molecular weight excluding hydrogens is 166 g/mol. The molecule has 0 bridgehead atoms. The number of oxime groups is 1. The maximum absolute atomic E-state index is 9.66. The van der Waals surface area contributed by atoms with Crippen molar-refractivity contribution in [1.82, 2.24) is 0 Å². The van der Waals surface area contributed by atoms with Gasteiger partial charge >= 0.3 is 0 Å². The monoisotopic (exact) mass is 177 g/mol. The second-order valence-electron chi connectivity index (χ2n) is 3.10. The molecule has 1 N–H and O–H groups in total. The van der Waals surface area contributed by atoms with E-state index in [-0.39, 0.29) is 6.10 Å². The zero-order chi connectivity index (χ0) is 9.26. The van der Waals surface area contributed by atoms with Gasteiger partial charge in [-0.1, -0.05) is 35.5 Å². The van der Waals surface area contributed by atoms with Gasteiger partial charge in [0.25, 0.3) is 0 Å². The summed E-state index contributed by atoms with van der Waals surface area (Å²) in [6, 6.07) is 9.56. The summed E-state index contributed by atoms with van der Waals surface area (Å²) in [6.07, 6.45) is -0.849. The van der Waals surface area contributed by atoms with E-state index in [1.54, 1.807) is 6.92 Å². The fourth-order valence-corrected chi connectivity index (χ4v) is 1.31. The zero-order valence-electron chi connectivity index (χ0n) is 7.34. The van der Waals surface area contributed by atoms with Crippen molar-refractivity contribution < 1.29 is 9.94 Å². The van der Waals surface area contributed by atoms with E-state index < -0.39 is 6.10 Å². The molecule has 0 amide bonds. The Hall–Kier alpha value is -1.35. The van der Waals surface area contributed by atoms with Crippen LogP contribution in [0.25, 0.3) is 0 Å². The summed E-state index contributed by atoms with van der Waals surface area (Å²) in [5, 5.41) is 13.5. The van der Waals surface area contributed by atoms with Crippen molar-refractivity contribution in [2.24, 2.45) is 5.16 Å². The van der Waals surface area contributed by atoms with Crippen molar-refractivity contribution in [3.63, 3.8) is 0 Å². The van der Waals surface area contributed by atoms with E-state index in [2.05, 4.69) is 5.16 Å². The molecule has 3 nitrogen and oxygen atoms in total. The van der Waals surface area contributed by atoms with Crippen LogP contribution in [-0.4, -0.2) is 23.0 Å². The Morgan fingerprint density at radius 1 is 1.31 bits per heavy atom. The average molecular weight is 177 g/mol. The molecule has 1 aliphatic rings. The number of benzene rings is 1. The Bertz CT molecular complexity index is 321. The Balaban J connectivity index is 2.29. The minimum atomic E-state index is -0.609. The van der Waals surface area contributed by atoms with Gasteiger partial charge in [-0.2, -0.15) is 0 Å². The quantitative estimate of drug-likeness (QED) is 0.699. The Labute approximate surface area is 76.6 Å². The highest BCUT2D eigenvalue weighted by atomic mass is 16.7. The second-order valence-corrected chi connectivity index (χ2v) is 3.10. The molecule has 0 saturated carbocycles. The Morgan fingerprint density at radius 2 is 2.00 bits per heavy atom. The molecule has 0 saturated heterocycles. The van der Waals surface area contributed by atoms with E-state index in [0.29, 0.717) is 5.71 Å². The summed E-state index contributed by atoms with van der Waals surface area (Å²) in [5.41, 5.74) is 1.53. The summed E-state index contributed by atoms with van der Waals surface area (Å²) in [6.45, 7) is 1.80. The van der Waals surface area contributed by atoms with E-state index >= 15 is 0 Å². The van der Waals surface area contributed by atoms with E-state index in [9.17, 15) is 5.11 Å². The van der Waals surface area contributed by atoms with Crippen LogP contribution in [-0.2, 0) is 4.84 Å². The first-order valence-electron chi connectivity index (χ1n) is 4.26. The smallest absolute Gasteiger partial charge is 0.156 e. The fraction of sp³-hybridized carbons (Fsp3) is 0.300. The van der Waals surface area contributed by atoms with Crippen LogP contribution in [0.1, 0.15) is 12.5 Å². The predicted octanol–water partition coefficient (Wildman–Crippen LogP) is 1.17. The van der Waals surface area contributed by atoms with Crippen molar-refractivity contribution in [2.45, 2.75) is 19.1 Å². The summed E-state index contributed by atoms with van der Waals surface area (Å²) in [7, 11) is 0. The summed E-state index contributed by atoms with van der Waals surface area (Å²) >= 11 is 0. The van der Waals surface area contributed by atoms with Gasteiger partial charge in [-0.05, 0) is 6.92 Å². The second kappa shape index (κ2) is 3.18. The molecule has 1 aromatic rings. The van der Waals surface area contributed by atoms with Crippen LogP contribution in [0.15, 0.2) is 35.5 Å². The van der Waals surface area contributed by atoms with Gasteiger partial charge < -0.3 is 9.94 Å². The lowest BCUT2D eigenvalue weighted by Gasteiger charge is -2.07. The lowest BCUT2D eigenvalue weighted by Crippen LogP contribution is -2.26. The third-order valence-electron chi connectivity index (χ3n) is 2.11. The molecule has 2 atom stereocenters. The molecule has 0 unspecified atom stereocenters. The molecule has 0 radical (unpaired) electrons. The summed E-state index contributed by atoms with van der Waals surface area (Å²) in [4.78, 5) is 4.97. The average Bonchev–Trinajstić information content (AvgIpc) is 2.49. The molecule has 0 spiro atoms. The number of nitrogens with zero attached hydrogens (tertiary/aromatic N) is 1. The van der Waals surface area contributed by atoms with Crippen LogP contribution in [0.3, 0.4) is 0 Å². The predicted molar refractivity (Wildman–Crippen MR) is 49.5 cm³/mol. The van der Waals surface area contributed by atoms with Gasteiger partial charge in [0.05, 0.1) is 0 Å². The number of hydrogen-bond acceptors (Lipinski definition) is 3. The third-order valence-corrected chi connectivity index (χ3v) is 2.11. The minimum Gasteiger partial charge on any atom is -0.389 e. The van der Waals surface area contributed by atoms with Crippen LogP contribution in [0.4, 0.5) is 0 Å². The lowest BCUT2D eigenvalue weighted by molar-refractivity contribution is 0.0344. The van der Waals surface area contributed by atoms with Gasteiger partial charge in [-0.15, -0.1) is 0 Å². The van der Waals surface area contributed by atoms with Gasteiger partial charge in [0.15, 0.2) is 6.10 Å². The molecule has 1 aromatic carbocycles. The fourth-order valence-electron chi connectivity index (χ4n) is 1.31. The molecule has 13 heavy (non-hydrogen) atoms. The molecule has 2 rings (SSSR count). The molecular formula is C10H11NO2. The van der Waals surface area contributed by atoms with Crippen molar-refractivity contribution >= 4 is 5.71 Å². The molecule has 0 aliphatic carbocycles. The molecule has 0 aromatic heterocycles. The van der Waals surface area contributed by atoms with Gasteiger partial charge in [-0.25, -0.2) is 0 Å². The first-order chi connectivity index (χ1) is 6.29. The number of hydrogen-bond donors (Lipinski definition) is 1. The van der Waals surface area contributed by atoms with Gasteiger partial charge in [-0.3, -0.25) is 0 Å². The maximum Gasteiger partial charge on any atom is 0.156 e.